The molecule has 1 aromatic rings. The van der Waals surface area contributed by atoms with Crippen molar-refractivity contribution in [2.45, 2.75) is 31.8 Å². The molecular formula is C13H20N4O3. The molecule has 0 saturated heterocycles. The molecule has 0 bridgehead atoms. The highest BCUT2D eigenvalue weighted by molar-refractivity contribution is 5.82. The highest BCUT2D eigenvalue weighted by Gasteiger charge is 2.17. The number of amides is 2. The number of imidazole rings is 1. The summed E-state index contributed by atoms with van der Waals surface area (Å²) in [5.41, 5.74) is 0. The van der Waals surface area contributed by atoms with E-state index in [-0.39, 0.29) is 6.42 Å². The predicted octanol–water partition coefficient (Wildman–Crippen LogP) is 0.992. The second-order valence-electron chi connectivity index (χ2n) is 4.32. The van der Waals surface area contributed by atoms with Crippen LogP contribution in [0.25, 0.3) is 0 Å². The summed E-state index contributed by atoms with van der Waals surface area (Å²) in [4.78, 5) is 26.3. The first-order valence-electron chi connectivity index (χ1n) is 6.47. The van der Waals surface area contributed by atoms with Crippen LogP contribution in [-0.4, -0.2) is 39.2 Å². The molecule has 0 saturated carbocycles. The lowest BCUT2D eigenvalue weighted by molar-refractivity contribution is -0.139. The standard InChI is InChI=1S/C13H20N4O3/c1-2-5-11(12(18)19)16-13(20)15-6-3-4-8-17-9-7-14-10-17/h2,7,9-11H,1,3-6,8H2,(H,18,19)(H2,15,16,20). The summed E-state index contributed by atoms with van der Waals surface area (Å²) in [5.74, 6) is -1.07. The quantitative estimate of drug-likeness (QED) is 0.464. The van der Waals surface area contributed by atoms with Crippen LogP contribution in [-0.2, 0) is 11.3 Å². The third-order valence-electron chi connectivity index (χ3n) is 2.69. The second kappa shape index (κ2) is 8.73. The molecule has 2 amide bonds. The summed E-state index contributed by atoms with van der Waals surface area (Å²) in [6.45, 7) is 4.80. The number of aliphatic carboxylic acids is 1. The molecule has 0 fully saturated rings. The van der Waals surface area contributed by atoms with Crippen LogP contribution in [0.4, 0.5) is 4.79 Å². The van der Waals surface area contributed by atoms with E-state index in [4.69, 9.17) is 5.11 Å². The molecule has 0 aliphatic rings. The van der Waals surface area contributed by atoms with Gasteiger partial charge in [-0.25, -0.2) is 14.6 Å². The molecule has 20 heavy (non-hydrogen) atoms. The number of urea groups is 1. The minimum atomic E-state index is -1.07. The van der Waals surface area contributed by atoms with E-state index in [1.165, 1.54) is 6.08 Å². The number of aryl methyl sites for hydroxylation is 1. The van der Waals surface area contributed by atoms with Crippen LogP contribution in [0.3, 0.4) is 0 Å². The number of carboxylic acids is 1. The molecule has 1 unspecified atom stereocenters. The minimum Gasteiger partial charge on any atom is -0.480 e. The highest BCUT2D eigenvalue weighted by atomic mass is 16.4. The summed E-state index contributed by atoms with van der Waals surface area (Å²) >= 11 is 0. The number of nitrogens with zero attached hydrogens (tertiary/aromatic N) is 2. The number of carboxylic acid groups (broad SMARTS) is 1. The third kappa shape index (κ3) is 6.03. The fourth-order valence-corrected chi connectivity index (χ4v) is 1.64. The summed E-state index contributed by atoms with van der Waals surface area (Å²) in [6, 6.07) is -1.40. The van der Waals surface area contributed by atoms with Gasteiger partial charge < -0.3 is 20.3 Å². The molecule has 0 spiro atoms. The van der Waals surface area contributed by atoms with E-state index >= 15 is 0 Å². The van der Waals surface area contributed by atoms with E-state index in [0.717, 1.165) is 19.4 Å². The second-order valence-corrected chi connectivity index (χ2v) is 4.32. The Hall–Kier alpha value is -2.31. The van der Waals surface area contributed by atoms with Gasteiger partial charge in [0.2, 0.25) is 0 Å². The monoisotopic (exact) mass is 280 g/mol. The molecule has 7 nitrogen and oxygen atoms in total. The first-order valence-corrected chi connectivity index (χ1v) is 6.47. The van der Waals surface area contributed by atoms with Crippen LogP contribution in [0.1, 0.15) is 19.3 Å². The molecule has 0 aliphatic carbocycles. The van der Waals surface area contributed by atoms with Gasteiger partial charge in [0.15, 0.2) is 0 Å². The third-order valence-corrected chi connectivity index (χ3v) is 2.69. The number of hydrogen-bond donors (Lipinski definition) is 3. The zero-order chi connectivity index (χ0) is 14.8. The van der Waals surface area contributed by atoms with Crippen LogP contribution in [0.2, 0.25) is 0 Å². The van der Waals surface area contributed by atoms with Gasteiger partial charge in [-0.3, -0.25) is 0 Å². The highest BCUT2D eigenvalue weighted by Crippen LogP contribution is 1.95. The van der Waals surface area contributed by atoms with Crippen molar-refractivity contribution in [3.63, 3.8) is 0 Å². The Morgan fingerprint density at radius 3 is 2.85 bits per heavy atom. The molecular weight excluding hydrogens is 260 g/mol. The van der Waals surface area contributed by atoms with Crippen molar-refractivity contribution in [2.75, 3.05) is 6.54 Å². The van der Waals surface area contributed by atoms with Crippen molar-refractivity contribution in [1.82, 2.24) is 20.2 Å². The van der Waals surface area contributed by atoms with Crippen LogP contribution in [0, 0.1) is 0 Å². The molecule has 0 aromatic carbocycles. The van der Waals surface area contributed by atoms with E-state index in [1.54, 1.807) is 12.5 Å². The first-order chi connectivity index (χ1) is 9.63. The molecule has 110 valence electrons. The van der Waals surface area contributed by atoms with Crippen molar-refractivity contribution in [3.8, 4) is 0 Å². The van der Waals surface area contributed by atoms with E-state index in [2.05, 4.69) is 22.2 Å². The number of aromatic nitrogens is 2. The predicted molar refractivity (Wildman–Crippen MR) is 74.2 cm³/mol. The molecule has 1 aromatic heterocycles. The van der Waals surface area contributed by atoms with Crippen molar-refractivity contribution in [1.29, 1.82) is 0 Å². The topological polar surface area (TPSA) is 96.3 Å². The number of unbranched alkanes of at least 4 members (excludes halogenated alkanes) is 1. The van der Waals surface area contributed by atoms with Gasteiger partial charge in [-0.05, 0) is 19.3 Å². The zero-order valence-corrected chi connectivity index (χ0v) is 11.3. The molecule has 1 heterocycles. The van der Waals surface area contributed by atoms with E-state index < -0.39 is 18.0 Å². The Bertz CT molecular complexity index is 431. The largest absolute Gasteiger partial charge is 0.480 e. The number of rotatable bonds is 9. The molecule has 1 rings (SSSR count). The Balaban J connectivity index is 2.12. The molecule has 7 heteroatoms. The van der Waals surface area contributed by atoms with Crippen LogP contribution >= 0.6 is 0 Å². The smallest absolute Gasteiger partial charge is 0.326 e. The zero-order valence-electron chi connectivity index (χ0n) is 11.3. The van der Waals surface area contributed by atoms with E-state index in [9.17, 15) is 9.59 Å². The van der Waals surface area contributed by atoms with Crippen LogP contribution in [0.5, 0.6) is 0 Å². The summed E-state index contributed by atoms with van der Waals surface area (Å²) in [5, 5.41) is 13.9. The van der Waals surface area contributed by atoms with E-state index in [1.807, 2.05) is 10.8 Å². The van der Waals surface area contributed by atoms with E-state index in [0.29, 0.717) is 6.54 Å². The Labute approximate surface area is 117 Å². The van der Waals surface area contributed by atoms with Gasteiger partial charge in [-0.15, -0.1) is 6.58 Å². The molecule has 0 aliphatic heterocycles. The Kier molecular flexibility index (Phi) is 6.88. The lowest BCUT2D eigenvalue weighted by atomic mass is 10.2. The van der Waals surface area contributed by atoms with Gasteiger partial charge in [0.25, 0.3) is 0 Å². The molecule has 3 N–H and O–H groups in total. The maximum atomic E-state index is 11.5. The van der Waals surface area contributed by atoms with Gasteiger partial charge >= 0.3 is 12.0 Å². The lowest BCUT2D eigenvalue weighted by Crippen LogP contribution is -2.46. The van der Waals surface area contributed by atoms with Gasteiger partial charge in [-0.1, -0.05) is 6.08 Å². The van der Waals surface area contributed by atoms with Crippen LogP contribution in [0.15, 0.2) is 31.4 Å². The van der Waals surface area contributed by atoms with Gasteiger partial charge in [0, 0.05) is 25.5 Å². The number of carbonyl (C=O) groups is 2. The fourth-order valence-electron chi connectivity index (χ4n) is 1.64. The van der Waals surface area contributed by atoms with Gasteiger partial charge in [0.1, 0.15) is 6.04 Å². The van der Waals surface area contributed by atoms with Crippen molar-refractivity contribution in [3.05, 3.63) is 31.4 Å². The maximum absolute atomic E-state index is 11.5. The van der Waals surface area contributed by atoms with Crippen molar-refractivity contribution in [2.24, 2.45) is 0 Å². The number of nitrogens with one attached hydrogen (secondary N) is 2. The average Bonchev–Trinajstić information content (AvgIpc) is 2.91. The summed E-state index contributed by atoms with van der Waals surface area (Å²) in [6.07, 6.45) is 8.72. The molecule has 1 atom stereocenters. The normalized spacial score (nSPS) is 11.6. The lowest BCUT2D eigenvalue weighted by Gasteiger charge is -2.13. The average molecular weight is 280 g/mol. The van der Waals surface area contributed by atoms with Crippen LogP contribution < -0.4 is 10.6 Å². The number of carbonyl (C=O) groups excluding carboxylic acids is 1. The minimum absolute atomic E-state index is 0.198. The number of hydrogen-bond acceptors (Lipinski definition) is 3. The Morgan fingerprint density at radius 1 is 1.45 bits per heavy atom. The van der Waals surface area contributed by atoms with Gasteiger partial charge in [0.05, 0.1) is 6.33 Å². The first kappa shape index (κ1) is 15.7. The van der Waals surface area contributed by atoms with Gasteiger partial charge in [-0.2, -0.15) is 0 Å². The van der Waals surface area contributed by atoms with Crippen molar-refractivity contribution >= 4 is 12.0 Å². The fraction of sp³-hybridized carbons (Fsp3) is 0.462. The molecule has 0 radical (unpaired) electrons. The maximum Gasteiger partial charge on any atom is 0.326 e. The Morgan fingerprint density at radius 2 is 2.25 bits per heavy atom. The van der Waals surface area contributed by atoms with Crippen molar-refractivity contribution < 1.29 is 14.7 Å². The summed E-state index contributed by atoms with van der Waals surface area (Å²) in [7, 11) is 0. The SMILES string of the molecule is C=CCC(NC(=O)NCCCCn1ccnc1)C(=O)O. The summed E-state index contributed by atoms with van der Waals surface area (Å²) < 4.78 is 1.96.